The highest BCUT2D eigenvalue weighted by molar-refractivity contribution is 5.66. The number of anilines is 1. The highest BCUT2D eigenvalue weighted by Crippen LogP contribution is 2.61. The molecule has 128 valence electrons. The van der Waals surface area contributed by atoms with Gasteiger partial charge in [-0.3, -0.25) is 0 Å². The predicted octanol–water partition coefficient (Wildman–Crippen LogP) is 5.48. The molecule has 6 rings (SSSR count). The van der Waals surface area contributed by atoms with Crippen LogP contribution in [0.4, 0.5) is 5.69 Å². The third-order valence-corrected chi connectivity index (χ3v) is 7.26. The van der Waals surface area contributed by atoms with Crippen molar-refractivity contribution in [2.75, 3.05) is 4.90 Å². The van der Waals surface area contributed by atoms with Gasteiger partial charge in [0, 0.05) is 12.3 Å². The van der Waals surface area contributed by atoms with Crippen molar-refractivity contribution in [2.24, 2.45) is 11.8 Å². The minimum absolute atomic E-state index is 0.0897. The van der Waals surface area contributed by atoms with Gasteiger partial charge in [0.05, 0.1) is 11.7 Å². The molecule has 4 atom stereocenters. The molecule has 25 heavy (non-hydrogen) atoms. The number of rotatable bonds is 0. The van der Waals surface area contributed by atoms with Crippen molar-refractivity contribution >= 4 is 5.69 Å². The molecule has 2 aromatic carbocycles. The smallest absolute Gasteiger partial charge is 0.186 e. The van der Waals surface area contributed by atoms with Crippen molar-refractivity contribution in [3.63, 3.8) is 0 Å². The average Bonchev–Trinajstić information content (AvgIpc) is 3.00. The van der Waals surface area contributed by atoms with E-state index < -0.39 is 0 Å². The maximum Gasteiger partial charge on any atom is 0.186 e. The standard InChI is InChI=1S/C23H25NO/c1-2-9-19-16(7-1)12-13-17-15-18-8-5-6-14-23(18)24(22(17)19)20-10-3-4-11-21(20)25-23/h1-4,7,9-11,17-18,22H,5-6,8,12-15H2. The molecule has 0 radical (unpaired) electrons. The molecule has 0 bridgehead atoms. The van der Waals surface area contributed by atoms with Crippen molar-refractivity contribution in [3.8, 4) is 5.75 Å². The zero-order valence-corrected chi connectivity index (χ0v) is 14.7. The molecule has 2 heteroatoms. The van der Waals surface area contributed by atoms with Gasteiger partial charge in [-0.25, -0.2) is 0 Å². The fourth-order valence-corrected chi connectivity index (χ4v) is 6.29. The third-order valence-electron chi connectivity index (χ3n) is 7.26. The van der Waals surface area contributed by atoms with Crippen molar-refractivity contribution in [3.05, 3.63) is 59.7 Å². The molecule has 2 aliphatic carbocycles. The van der Waals surface area contributed by atoms with Crippen LogP contribution >= 0.6 is 0 Å². The fraction of sp³-hybridized carbons (Fsp3) is 0.478. The van der Waals surface area contributed by atoms with Crippen LogP contribution < -0.4 is 9.64 Å². The van der Waals surface area contributed by atoms with Gasteiger partial charge < -0.3 is 9.64 Å². The zero-order valence-electron chi connectivity index (χ0n) is 14.7. The van der Waals surface area contributed by atoms with E-state index in [1.807, 2.05) is 0 Å². The van der Waals surface area contributed by atoms with Gasteiger partial charge >= 0.3 is 0 Å². The Balaban J connectivity index is 1.57. The second-order valence-electron chi connectivity index (χ2n) is 8.41. The quantitative estimate of drug-likeness (QED) is 0.634. The molecule has 2 fully saturated rings. The number of benzene rings is 2. The van der Waals surface area contributed by atoms with Gasteiger partial charge in [0.15, 0.2) is 5.72 Å². The molecule has 0 amide bonds. The van der Waals surface area contributed by atoms with Crippen LogP contribution in [0.1, 0.15) is 55.7 Å². The molecule has 2 aliphatic heterocycles. The lowest BCUT2D eigenvalue weighted by molar-refractivity contribution is -0.0572. The SMILES string of the molecule is c1ccc2c(c1)CCC1CC3CCCCC34Oc3ccccc3N4C21. The Bertz CT molecular complexity index is 830. The first-order valence-corrected chi connectivity index (χ1v) is 10.0. The molecule has 1 saturated heterocycles. The summed E-state index contributed by atoms with van der Waals surface area (Å²) in [7, 11) is 0. The van der Waals surface area contributed by atoms with Gasteiger partial charge in [0.25, 0.3) is 0 Å². The summed E-state index contributed by atoms with van der Waals surface area (Å²) in [5.41, 5.74) is 4.36. The Morgan fingerprint density at radius 2 is 1.84 bits per heavy atom. The second-order valence-corrected chi connectivity index (χ2v) is 8.41. The minimum atomic E-state index is -0.0897. The fourth-order valence-electron chi connectivity index (χ4n) is 6.29. The first-order chi connectivity index (χ1) is 12.4. The van der Waals surface area contributed by atoms with E-state index in [1.165, 1.54) is 50.6 Å². The highest BCUT2D eigenvalue weighted by Gasteiger charge is 2.60. The van der Waals surface area contributed by atoms with Crippen LogP contribution in [0, 0.1) is 11.8 Å². The van der Waals surface area contributed by atoms with E-state index in [-0.39, 0.29) is 5.72 Å². The van der Waals surface area contributed by atoms with Gasteiger partial charge in [0.1, 0.15) is 5.75 Å². The monoisotopic (exact) mass is 331 g/mol. The van der Waals surface area contributed by atoms with E-state index in [1.54, 1.807) is 11.1 Å². The van der Waals surface area contributed by atoms with Crippen molar-refractivity contribution in [2.45, 2.75) is 56.7 Å². The molecular formula is C23H25NO. The summed E-state index contributed by atoms with van der Waals surface area (Å²) in [5.74, 6) is 2.55. The summed E-state index contributed by atoms with van der Waals surface area (Å²) in [6, 6.07) is 18.4. The summed E-state index contributed by atoms with van der Waals surface area (Å²) in [6.07, 6.45) is 9.07. The molecular weight excluding hydrogens is 306 g/mol. The Hall–Kier alpha value is -1.96. The van der Waals surface area contributed by atoms with Crippen LogP contribution in [0.25, 0.3) is 0 Å². The molecule has 0 N–H and O–H groups in total. The number of aryl methyl sites for hydroxylation is 1. The Morgan fingerprint density at radius 1 is 0.960 bits per heavy atom. The maximum atomic E-state index is 6.79. The van der Waals surface area contributed by atoms with Crippen molar-refractivity contribution in [1.82, 2.24) is 0 Å². The maximum absolute atomic E-state index is 6.79. The predicted molar refractivity (Wildman–Crippen MR) is 99.8 cm³/mol. The summed E-state index contributed by atoms with van der Waals surface area (Å²) in [4.78, 5) is 2.73. The number of fused-ring (bicyclic) bond motifs is 6. The van der Waals surface area contributed by atoms with E-state index in [9.17, 15) is 0 Å². The number of nitrogens with zero attached hydrogens (tertiary/aromatic N) is 1. The average molecular weight is 331 g/mol. The highest BCUT2D eigenvalue weighted by atomic mass is 16.5. The van der Waals surface area contributed by atoms with Gasteiger partial charge in [-0.15, -0.1) is 0 Å². The first kappa shape index (κ1) is 14.2. The second kappa shape index (κ2) is 5.03. The van der Waals surface area contributed by atoms with E-state index in [0.717, 1.165) is 11.7 Å². The molecule has 4 unspecified atom stereocenters. The molecule has 1 spiro atoms. The lowest BCUT2D eigenvalue weighted by Crippen LogP contribution is -2.63. The van der Waals surface area contributed by atoms with Crippen LogP contribution in [-0.2, 0) is 6.42 Å². The van der Waals surface area contributed by atoms with E-state index in [2.05, 4.69) is 53.4 Å². The Kier molecular flexibility index (Phi) is 2.86. The Morgan fingerprint density at radius 3 is 2.84 bits per heavy atom. The normalized spacial score (nSPS) is 34.9. The van der Waals surface area contributed by atoms with Gasteiger partial charge in [-0.05, 0) is 61.3 Å². The minimum Gasteiger partial charge on any atom is -0.465 e. The largest absolute Gasteiger partial charge is 0.465 e. The van der Waals surface area contributed by atoms with Crippen LogP contribution in [0.5, 0.6) is 5.75 Å². The number of hydrogen-bond donors (Lipinski definition) is 0. The summed E-state index contributed by atoms with van der Waals surface area (Å²) < 4.78 is 6.79. The van der Waals surface area contributed by atoms with Crippen molar-refractivity contribution in [1.29, 1.82) is 0 Å². The molecule has 2 nitrogen and oxygen atoms in total. The number of hydrogen-bond acceptors (Lipinski definition) is 2. The van der Waals surface area contributed by atoms with Crippen molar-refractivity contribution < 1.29 is 4.74 Å². The van der Waals surface area contributed by atoms with Crippen LogP contribution in [-0.4, -0.2) is 5.72 Å². The first-order valence-electron chi connectivity index (χ1n) is 10.0. The third kappa shape index (κ3) is 1.80. The van der Waals surface area contributed by atoms with Crippen LogP contribution in [0.15, 0.2) is 48.5 Å². The zero-order chi connectivity index (χ0) is 16.4. The lowest BCUT2D eigenvalue weighted by Gasteiger charge is -2.57. The summed E-state index contributed by atoms with van der Waals surface area (Å²) in [6.45, 7) is 0. The van der Waals surface area contributed by atoms with Gasteiger partial charge in [-0.2, -0.15) is 0 Å². The molecule has 1 saturated carbocycles. The molecule has 2 aromatic rings. The van der Waals surface area contributed by atoms with Crippen LogP contribution in [0.3, 0.4) is 0 Å². The summed E-state index contributed by atoms with van der Waals surface area (Å²) >= 11 is 0. The number of piperidine rings is 1. The molecule has 0 aromatic heterocycles. The number of para-hydroxylation sites is 2. The van der Waals surface area contributed by atoms with Gasteiger partial charge in [-0.1, -0.05) is 42.8 Å². The lowest BCUT2D eigenvalue weighted by atomic mass is 9.65. The molecule has 4 aliphatic rings. The van der Waals surface area contributed by atoms with E-state index in [4.69, 9.17) is 4.74 Å². The van der Waals surface area contributed by atoms with Gasteiger partial charge in [0.2, 0.25) is 0 Å². The number of ether oxygens (including phenoxy) is 1. The summed E-state index contributed by atoms with van der Waals surface area (Å²) in [5, 5.41) is 0. The molecule has 2 heterocycles. The Labute approximate surface area is 149 Å². The van der Waals surface area contributed by atoms with Crippen LogP contribution in [0.2, 0.25) is 0 Å². The van der Waals surface area contributed by atoms with E-state index >= 15 is 0 Å². The van der Waals surface area contributed by atoms with E-state index in [0.29, 0.717) is 12.0 Å². The topological polar surface area (TPSA) is 12.5 Å².